The zero-order valence-electron chi connectivity index (χ0n) is 6.78. The predicted molar refractivity (Wildman–Crippen MR) is 53.9 cm³/mol. The first-order valence-corrected chi connectivity index (χ1v) is 4.73. The molecule has 0 radical (unpaired) electrons. The smallest absolute Gasteiger partial charge is 0.288 e. The average Bonchev–Trinajstić information content (AvgIpc) is 2.04. The maximum Gasteiger partial charge on any atom is 0.329 e. The molecule has 0 fully saturated rings. The molecule has 2 heterocycles. The second-order valence-corrected chi connectivity index (χ2v) is 3.75. The van der Waals surface area contributed by atoms with Gasteiger partial charge in [-0.3, -0.25) is 14.3 Å². The molecular formula is C7H9ClN2O2S. The maximum atomic E-state index is 11.2. The molecule has 0 unspecified atom stereocenters. The number of hydrogen-bond donors (Lipinski definition) is 1. The number of rotatable bonds is 0. The monoisotopic (exact) mass is 220 g/mol. The van der Waals surface area contributed by atoms with E-state index in [-0.39, 0.29) is 23.7 Å². The molecular weight excluding hydrogens is 212 g/mol. The fourth-order valence-corrected chi connectivity index (χ4v) is 2.23. The summed E-state index contributed by atoms with van der Waals surface area (Å²) in [6, 6.07) is 1.48. The van der Waals surface area contributed by atoms with E-state index in [9.17, 15) is 9.59 Å². The van der Waals surface area contributed by atoms with Crippen molar-refractivity contribution in [2.24, 2.45) is 0 Å². The van der Waals surface area contributed by atoms with E-state index < -0.39 is 0 Å². The second kappa shape index (κ2) is 4.02. The van der Waals surface area contributed by atoms with Crippen LogP contribution in [0.25, 0.3) is 0 Å². The first kappa shape index (κ1) is 10.4. The Hall–Kier alpha value is -0.680. The van der Waals surface area contributed by atoms with Crippen molar-refractivity contribution in [1.82, 2.24) is 9.55 Å². The molecule has 72 valence electrons. The Labute approximate surface area is 84.8 Å². The largest absolute Gasteiger partial charge is 0.329 e. The van der Waals surface area contributed by atoms with E-state index in [1.807, 2.05) is 0 Å². The van der Waals surface area contributed by atoms with Gasteiger partial charge in [-0.2, -0.15) is 0 Å². The topological polar surface area (TPSA) is 54.9 Å². The van der Waals surface area contributed by atoms with Crippen LogP contribution < -0.4 is 11.2 Å². The van der Waals surface area contributed by atoms with Gasteiger partial charge in [-0.25, -0.2) is 4.79 Å². The van der Waals surface area contributed by atoms with Crippen molar-refractivity contribution in [2.45, 2.75) is 18.0 Å². The summed E-state index contributed by atoms with van der Waals surface area (Å²) < 4.78 is 1.61. The third-order valence-electron chi connectivity index (χ3n) is 1.77. The van der Waals surface area contributed by atoms with E-state index >= 15 is 0 Å². The standard InChI is InChI=1S/C7H8N2O2S.ClH/c10-5-4-6-9(7(11)8-5)2-1-3-12-6;/h4H,1-3H2,(H,8,10,11);1H. The Morgan fingerprint density at radius 1 is 1.46 bits per heavy atom. The molecule has 0 amide bonds. The van der Waals surface area contributed by atoms with Crippen LogP contribution in [0.3, 0.4) is 0 Å². The summed E-state index contributed by atoms with van der Waals surface area (Å²) in [5.41, 5.74) is -0.592. The van der Waals surface area contributed by atoms with Gasteiger partial charge in [0.15, 0.2) is 0 Å². The van der Waals surface area contributed by atoms with Gasteiger partial charge in [-0.05, 0) is 6.42 Å². The summed E-state index contributed by atoms with van der Waals surface area (Å²) in [5, 5.41) is 0.787. The number of hydrogen-bond acceptors (Lipinski definition) is 3. The van der Waals surface area contributed by atoms with Gasteiger partial charge in [0.25, 0.3) is 5.56 Å². The summed E-state index contributed by atoms with van der Waals surface area (Å²) in [6.45, 7) is 0.720. The SMILES string of the molecule is Cl.O=c1cc2n(c(=O)[nH]1)CCCS2. The van der Waals surface area contributed by atoms with Crippen LogP contribution >= 0.6 is 24.2 Å². The molecule has 4 nitrogen and oxygen atoms in total. The van der Waals surface area contributed by atoms with Gasteiger partial charge < -0.3 is 0 Å². The van der Waals surface area contributed by atoms with Gasteiger partial charge in [0.2, 0.25) is 0 Å². The highest BCUT2D eigenvalue weighted by molar-refractivity contribution is 7.99. The van der Waals surface area contributed by atoms with E-state index in [4.69, 9.17) is 0 Å². The molecule has 1 aliphatic rings. The lowest BCUT2D eigenvalue weighted by molar-refractivity contribution is 0.569. The highest BCUT2D eigenvalue weighted by Gasteiger charge is 2.10. The molecule has 1 aromatic rings. The van der Waals surface area contributed by atoms with Crippen molar-refractivity contribution >= 4 is 24.2 Å². The third-order valence-corrected chi connectivity index (χ3v) is 2.90. The maximum absolute atomic E-state index is 11.2. The number of nitrogens with zero attached hydrogens (tertiary/aromatic N) is 1. The van der Waals surface area contributed by atoms with Gasteiger partial charge in [0.1, 0.15) is 0 Å². The zero-order chi connectivity index (χ0) is 8.55. The summed E-state index contributed by atoms with van der Waals surface area (Å²) in [4.78, 5) is 24.3. The van der Waals surface area contributed by atoms with Crippen LogP contribution in [-0.2, 0) is 6.54 Å². The third kappa shape index (κ3) is 1.97. The van der Waals surface area contributed by atoms with E-state index in [1.54, 1.807) is 16.3 Å². The van der Waals surface area contributed by atoms with Crippen LogP contribution in [0.2, 0.25) is 0 Å². The molecule has 0 saturated carbocycles. The number of halogens is 1. The predicted octanol–water partition coefficient (Wildman–Crippen LogP) is 0.454. The second-order valence-electron chi connectivity index (χ2n) is 2.63. The summed E-state index contributed by atoms with van der Waals surface area (Å²) in [7, 11) is 0. The minimum absolute atomic E-state index is 0. The van der Waals surface area contributed by atoms with Crippen LogP contribution in [-0.4, -0.2) is 15.3 Å². The van der Waals surface area contributed by atoms with Gasteiger partial charge >= 0.3 is 5.69 Å². The minimum Gasteiger partial charge on any atom is -0.288 e. The molecule has 0 aromatic carbocycles. The van der Waals surface area contributed by atoms with E-state index in [0.29, 0.717) is 0 Å². The molecule has 2 rings (SSSR count). The lowest BCUT2D eigenvalue weighted by atomic mass is 10.4. The van der Waals surface area contributed by atoms with E-state index in [0.717, 1.165) is 23.7 Å². The van der Waals surface area contributed by atoms with Crippen molar-refractivity contribution < 1.29 is 0 Å². The van der Waals surface area contributed by atoms with E-state index in [2.05, 4.69) is 4.98 Å². The number of aromatic amines is 1. The minimum atomic E-state index is -0.305. The first-order chi connectivity index (χ1) is 5.77. The Morgan fingerprint density at radius 2 is 2.23 bits per heavy atom. The van der Waals surface area contributed by atoms with E-state index in [1.165, 1.54) is 6.07 Å². The Balaban J connectivity index is 0.000000845. The highest BCUT2D eigenvalue weighted by atomic mass is 35.5. The van der Waals surface area contributed by atoms with Crippen LogP contribution in [0.15, 0.2) is 20.7 Å². The van der Waals surface area contributed by atoms with Gasteiger partial charge in [0.05, 0.1) is 5.03 Å². The highest BCUT2D eigenvalue weighted by Crippen LogP contribution is 2.20. The number of H-pyrrole nitrogens is 1. The molecule has 1 aliphatic heterocycles. The van der Waals surface area contributed by atoms with Gasteiger partial charge in [-0.15, -0.1) is 24.2 Å². The lowest BCUT2D eigenvalue weighted by Crippen LogP contribution is -2.32. The van der Waals surface area contributed by atoms with Gasteiger partial charge in [0, 0.05) is 18.4 Å². The Bertz CT molecular complexity index is 412. The van der Waals surface area contributed by atoms with Crippen LogP contribution in [0, 0.1) is 0 Å². The summed E-state index contributed by atoms with van der Waals surface area (Å²) in [6.07, 6.45) is 0.990. The van der Waals surface area contributed by atoms with Crippen molar-refractivity contribution in [3.8, 4) is 0 Å². The van der Waals surface area contributed by atoms with Crippen molar-refractivity contribution in [3.63, 3.8) is 0 Å². The van der Waals surface area contributed by atoms with Crippen molar-refractivity contribution in [1.29, 1.82) is 0 Å². The normalized spacial score (nSPS) is 14.5. The number of aromatic nitrogens is 2. The molecule has 0 spiro atoms. The van der Waals surface area contributed by atoms with Crippen molar-refractivity contribution in [3.05, 3.63) is 26.9 Å². The van der Waals surface area contributed by atoms with Crippen LogP contribution in [0.4, 0.5) is 0 Å². The van der Waals surface area contributed by atoms with Crippen LogP contribution in [0.1, 0.15) is 6.42 Å². The van der Waals surface area contributed by atoms with Gasteiger partial charge in [-0.1, -0.05) is 0 Å². The number of fused-ring (bicyclic) bond motifs is 1. The average molecular weight is 221 g/mol. The zero-order valence-corrected chi connectivity index (χ0v) is 8.41. The molecule has 1 aromatic heterocycles. The number of thioether (sulfide) groups is 1. The summed E-state index contributed by atoms with van der Waals surface area (Å²) in [5.74, 6) is 0.989. The Kier molecular flexibility index (Phi) is 3.22. The summed E-state index contributed by atoms with van der Waals surface area (Å²) >= 11 is 1.56. The molecule has 0 saturated heterocycles. The fourth-order valence-electron chi connectivity index (χ4n) is 1.23. The molecule has 0 atom stereocenters. The van der Waals surface area contributed by atoms with Crippen molar-refractivity contribution in [2.75, 3.05) is 5.75 Å². The lowest BCUT2D eigenvalue weighted by Gasteiger charge is -2.15. The van der Waals surface area contributed by atoms with Crippen LogP contribution in [0.5, 0.6) is 0 Å². The number of nitrogens with one attached hydrogen (secondary N) is 1. The molecule has 1 N–H and O–H groups in total. The first-order valence-electron chi connectivity index (χ1n) is 3.74. The molecule has 0 aliphatic carbocycles. The molecule has 0 bridgehead atoms. The quantitative estimate of drug-likeness (QED) is 0.647. The molecule has 6 heteroatoms. The Morgan fingerprint density at radius 3 is 3.00 bits per heavy atom. The molecule has 13 heavy (non-hydrogen) atoms. The fraction of sp³-hybridized carbons (Fsp3) is 0.429.